The summed E-state index contributed by atoms with van der Waals surface area (Å²) in [5, 5.41) is 9.16. The van der Waals surface area contributed by atoms with Crippen LogP contribution in [0.15, 0.2) is 47.0 Å². The van der Waals surface area contributed by atoms with Crippen molar-refractivity contribution < 1.29 is 38.4 Å². The van der Waals surface area contributed by atoms with Gasteiger partial charge < -0.3 is 24.1 Å². The Morgan fingerprint density at radius 3 is 2.79 bits per heavy atom. The smallest absolute Gasteiger partial charge is 0.342 e. The molecule has 150 valence electrons. The minimum Gasteiger partial charge on any atom is -0.479 e. The van der Waals surface area contributed by atoms with E-state index < -0.39 is 30.3 Å². The molecule has 0 saturated carbocycles. The number of aliphatic hydroxyl groups is 1. The molecule has 0 saturated heterocycles. The molecule has 0 radical (unpaired) electrons. The van der Waals surface area contributed by atoms with E-state index in [1.54, 1.807) is 6.92 Å². The van der Waals surface area contributed by atoms with E-state index >= 15 is 0 Å². The second-order valence-corrected chi connectivity index (χ2v) is 7.14. The van der Waals surface area contributed by atoms with Gasteiger partial charge in [-0.1, -0.05) is 13.5 Å². The lowest BCUT2D eigenvalue weighted by Crippen LogP contribution is -2.31. The summed E-state index contributed by atoms with van der Waals surface area (Å²) in [7, 11) is 1.43. The van der Waals surface area contributed by atoms with E-state index in [-0.39, 0.29) is 41.6 Å². The van der Waals surface area contributed by atoms with Gasteiger partial charge in [-0.25, -0.2) is 9.59 Å². The SMILES string of the molecule is C=C(CO)C(=O)O[C@H]1C[C@H](C)C2=CC(=O)[C@](C)(C=C3OC(=O)C(COC)=C31)O2. The van der Waals surface area contributed by atoms with Crippen LogP contribution in [0.2, 0.25) is 0 Å². The lowest BCUT2D eigenvalue weighted by Gasteiger charge is -2.23. The van der Waals surface area contributed by atoms with E-state index in [2.05, 4.69) is 6.58 Å². The molecule has 0 fully saturated rings. The average molecular weight is 390 g/mol. The van der Waals surface area contributed by atoms with Gasteiger partial charge in [0.05, 0.1) is 24.4 Å². The van der Waals surface area contributed by atoms with E-state index in [9.17, 15) is 14.4 Å². The fourth-order valence-corrected chi connectivity index (χ4v) is 3.35. The van der Waals surface area contributed by atoms with Gasteiger partial charge in [0.25, 0.3) is 0 Å². The molecule has 0 aliphatic carbocycles. The number of fused-ring (bicyclic) bond motifs is 3. The summed E-state index contributed by atoms with van der Waals surface area (Å²) in [4.78, 5) is 37.1. The maximum atomic E-state index is 12.5. The highest BCUT2D eigenvalue weighted by Gasteiger charge is 2.46. The number of hydrogen-bond donors (Lipinski definition) is 1. The molecule has 0 unspecified atom stereocenters. The van der Waals surface area contributed by atoms with Crippen LogP contribution < -0.4 is 0 Å². The largest absolute Gasteiger partial charge is 0.479 e. The lowest BCUT2D eigenvalue weighted by atomic mass is 9.90. The molecule has 3 aliphatic rings. The molecule has 8 heteroatoms. The summed E-state index contributed by atoms with van der Waals surface area (Å²) in [5.41, 5.74) is -0.892. The number of ether oxygens (including phenoxy) is 4. The highest BCUT2D eigenvalue weighted by Crippen LogP contribution is 2.41. The van der Waals surface area contributed by atoms with E-state index in [1.807, 2.05) is 6.92 Å². The van der Waals surface area contributed by atoms with Crippen molar-refractivity contribution in [2.45, 2.75) is 32.0 Å². The Labute approximate surface area is 162 Å². The van der Waals surface area contributed by atoms with Crippen LogP contribution in [0.4, 0.5) is 0 Å². The van der Waals surface area contributed by atoms with Crippen LogP contribution in [0, 0.1) is 5.92 Å². The molecule has 2 bridgehead atoms. The second kappa shape index (κ2) is 7.37. The van der Waals surface area contributed by atoms with Crippen molar-refractivity contribution >= 4 is 17.7 Å². The van der Waals surface area contributed by atoms with Gasteiger partial charge in [0, 0.05) is 30.8 Å². The normalized spacial score (nSPS) is 29.0. The van der Waals surface area contributed by atoms with Gasteiger partial charge in [0.1, 0.15) is 17.6 Å². The van der Waals surface area contributed by atoms with Gasteiger partial charge in [-0.05, 0) is 13.3 Å². The van der Waals surface area contributed by atoms with Crippen LogP contribution in [0.3, 0.4) is 0 Å². The van der Waals surface area contributed by atoms with Gasteiger partial charge >= 0.3 is 11.9 Å². The van der Waals surface area contributed by atoms with Crippen molar-refractivity contribution in [3.8, 4) is 0 Å². The second-order valence-electron chi connectivity index (χ2n) is 7.14. The van der Waals surface area contributed by atoms with E-state index in [4.69, 9.17) is 24.1 Å². The first-order valence-electron chi connectivity index (χ1n) is 8.82. The number of hydrogen-bond acceptors (Lipinski definition) is 8. The molecule has 3 aliphatic heterocycles. The number of aliphatic hydroxyl groups excluding tert-OH is 1. The number of carbonyl (C=O) groups excluding carboxylic acids is 3. The molecule has 3 atom stereocenters. The number of methoxy groups -OCH3 is 1. The van der Waals surface area contributed by atoms with Crippen molar-refractivity contribution in [1.82, 2.24) is 0 Å². The maximum absolute atomic E-state index is 12.5. The Bertz CT molecular complexity index is 846. The van der Waals surface area contributed by atoms with Crippen LogP contribution in [0.25, 0.3) is 0 Å². The fraction of sp³-hybridized carbons (Fsp3) is 0.450. The van der Waals surface area contributed by atoms with Crippen LogP contribution in [0.1, 0.15) is 20.3 Å². The summed E-state index contributed by atoms with van der Waals surface area (Å²) in [6.45, 7) is 6.28. The summed E-state index contributed by atoms with van der Waals surface area (Å²) in [5.74, 6) is -1.41. The molecular weight excluding hydrogens is 368 g/mol. The Morgan fingerprint density at radius 1 is 1.43 bits per heavy atom. The first-order chi connectivity index (χ1) is 13.2. The minimum atomic E-state index is -1.32. The molecule has 8 nitrogen and oxygen atoms in total. The monoisotopic (exact) mass is 390 g/mol. The number of esters is 2. The number of allylic oxidation sites excluding steroid dienone is 1. The van der Waals surface area contributed by atoms with Crippen molar-refractivity contribution in [2.24, 2.45) is 5.92 Å². The Balaban J connectivity index is 2.12. The van der Waals surface area contributed by atoms with Gasteiger partial charge in [0.15, 0.2) is 5.60 Å². The van der Waals surface area contributed by atoms with Crippen LogP contribution in [0.5, 0.6) is 0 Å². The summed E-state index contributed by atoms with van der Waals surface area (Å²) in [6.07, 6.45) is 2.19. The zero-order valence-electron chi connectivity index (χ0n) is 15.9. The van der Waals surface area contributed by atoms with Crippen LogP contribution in [-0.2, 0) is 33.3 Å². The van der Waals surface area contributed by atoms with Crippen LogP contribution >= 0.6 is 0 Å². The minimum absolute atomic E-state index is 0.0525. The highest BCUT2D eigenvalue weighted by molar-refractivity contribution is 6.02. The molecule has 3 heterocycles. The molecule has 0 aromatic rings. The standard InChI is InChI=1S/C20H22O8/c1-10-5-14(26-18(23)11(2)8-21)17-12(9-25-4)19(24)27-15(17)7-20(3)16(22)6-13(10)28-20/h6-7,10,14,21H,2,5,8-9H2,1,3-4H3/t10-,14-,20-/m0/s1. The number of rotatable bonds is 5. The lowest BCUT2D eigenvalue weighted by molar-refractivity contribution is -0.143. The average Bonchev–Trinajstić information content (AvgIpc) is 3.10. The van der Waals surface area contributed by atoms with Gasteiger partial charge in [-0.2, -0.15) is 0 Å². The van der Waals surface area contributed by atoms with Crippen molar-refractivity contribution in [2.75, 3.05) is 20.3 Å². The highest BCUT2D eigenvalue weighted by atomic mass is 16.6. The quantitative estimate of drug-likeness (QED) is 0.549. The van der Waals surface area contributed by atoms with Crippen molar-refractivity contribution in [1.29, 1.82) is 0 Å². The van der Waals surface area contributed by atoms with E-state index in [1.165, 1.54) is 19.3 Å². The molecule has 28 heavy (non-hydrogen) atoms. The van der Waals surface area contributed by atoms with E-state index in [0.29, 0.717) is 11.3 Å². The molecule has 3 rings (SSSR count). The first-order valence-corrected chi connectivity index (χ1v) is 8.82. The topological polar surface area (TPSA) is 108 Å². The third kappa shape index (κ3) is 3.41. The molecule has 0 amide bonds. The molecular formula is C20H22O8. The fourth-order valence-electron chi connectivity index (χ4n) is 3.35. The van der Waals surface area contributed by atoms with E-state index in [0.717, 1.165) is 0 Å². The predicted octanol–water partition coefficient (Wildman–Crippen LogP) is 1.11. The van der Waals surface area contributed by atoms with Gasteiger partial charge in [-0.15, -0.1) is 0 Å². The Kier molecular flexibility index (Phi) is 5.27. The zero-order chi connectivity index (χ0) is 20.6. The van der Waals surface area contributed by atoms with Crippen molar-refractivity contribution in [3.05, 3.63) is 47.0 Å². The van der Waals surface area contributed by atoms with Crippen LogP contribution in [-0.4, -0.2) is 54.9 Å². The molecule has 0 aromatic carbocycles. The van der Waals surface area contributed by atoms with Crippen molar-refractivity contribution in [3.63, 3.8) is 0 Å². The van der Waals surface area contributed by atoms with Gasteiger partial charge in [-0.3, -0.25) is 4.79 Å². The van der Waals surface area contributed by atoms with Gasteiger partial charge in [0.2, 0.25) is 5.78 Å². The third-order valence-corrected chi connectivity index (χ3v) is 4.93. The summed E-state index contributed by atoms with van der Waals surface area (Å²) < 4.78 is 21.9. The molecule has 0 spiro atoms. The third-order valence-electron chi connectivity index (χ3n) is 4.93. The molecule has 0 aromatic heterocycles. The number of carbonyl (C=O) groups is 3. The molecule has 1 N–H and O–H groups in total. The number of ketones is 1. The summed E-state index contributed by atoms with van der Waals surface area (Å²) >= 11 is 0. The Morgan fingerprint density at radius 2 is 2.14 bits per heavy atom. The predicted molar refractivity (Wildman–Crippen MR) is 95.5 cm³/mol. The first kappa shape index (κ1) is 20.0. The summed E-state index contributed by atoms with van der Waals surface area (Å²) in [6, 6.07) is 0. The maximum Gasteiger partial charge on any atom is 0.342 e. The zero-order valence-corrected chi connectivity index (χ0v) is 15.9. The Hall–Kier alpha value is -2.71.